The number of hydrogen-bond donors (Lipinski definition) is 1. The van der Waals surface area contributed by atoms with E-state index < -0.39 is 0 Å². The lowest BCUT2D eigenvalue weighted by molar-refractivity contribution is 0.128. The molecule has 0 aliphatic carbocycles. The average molecular weight is 272 g/mol. The number of aryl methyl sites for hydroxylation is 3. The molecule has 0 amide bonds. The fourth-order valence-electron chi connectivity index (χ4n) is 2.49. The molecule has 0 saturated carbocycles. The van der Waals surface area contributed by atoms with Gasteiger partial charge in [-0.1, -0.05) is 17.7 Å². The Balaban J connectivity index is 2.53. The highest BCUT2D eigenvalue weighted by Gasteiger charge is 2.10. The fraction of sp³-hybridized carbons (Fsp3) is 0.375. The van der Waals surface area contributed by atoms with Gasteiger partial charge in [-0.25, -0.2) is 4.98 Å². The van der Waals surface area contributed by atoms with Crippen LogP contribution in [0.5, 0.6) is 0 Å². The van der Waals surface area contributed by atoms with Crippen LogP contribution in [-0.2, 0) is 11.3 Å². The highest BCUT2D eigenvalue weighted by Crippen LogP contribution is 2.26. The van der Waals surface area contributed by atoms with Crippen molar-refractivity contribution in [3.63, 3.8) is 0 Å². The van der Waals surface area contributed by atoms with Crippen LogP contribution < -0.4 is 5.56 Å². The second-order valence-corrected chi connectivity index (χ2v) is 4.99. The summed E-state index contributed by atoms with van der Waals surface area (Å²) in [5.74, 6) is 0.564. The number of nitrogens with one attached hydrogen (secondary N) is 1. The van der Waals surface area contributed by atoms with Crippen LogP contribution in [0.1, 0.15) is 29.4 Å². The summed E-state index contributed by atoms with van der Waals surface area (Å²) < 4.78 is 5.31. The molecule has 0 unspecified atom stereocenters. The number of H-pyrrole nitrogens is 1. The highest BCUT2D eigenvalue weighted by atomic mass is 16.5. The van der Waals surface area contributed by atoms with Crippen molar-refractivity contribution in [3.8, 4) is 11.3 Å². The summed E-state index contributed by atoms with van der Waals surface area (Å²) in [6.07, 6.45) is 0. The maximum Gasteiger partial charge on any atom is 0.251 e. The predicted octanol–water partition coefficient (Wildman–Crippen LogP) is 2.90. The first-order valence-electron chi connectivity index (χ1n) is 6.77. The minimum Gasteiger partial charge on any atom is -0.374 e. The van der Waals surface area contributed by atoms with E-state index in [1.54, 1.807) is 6.07 Å². The van der Waals surface area contributed by atoms with E-state index in [2.05, 4.69) is 29.0 Å². The van der Waals surface area contributed by atoms with E-state index in [0.29, 0.717) is 24.7 Å². The Morgan fingerprint density at radius 2 is 1.80 bits per heavy atom. The van der Waals surface area contributed by atoms with Gasteiger partial charge >= 0.3 is 0 Å². The molecule has 0 fully saturated rings. The number of aromatic nitrogens is 2. The van der Waals surface area contributed by atoms with Gasteiger partial charge in [-0.05, 0) is 38.8 Å². The van der Waals surface area contributed by atoms with Crippen molar-refractivity contribution >= 4 is 0 Å². The third kappa shape index (κ3) is 3.14. The zero-order valence-corrected chi connectivity index (χ0v) is 12.4. The number of ether oxygens (including phenoxy) is 1. The minimum absolute atomic E-state index is 0.149. The van der Waals surface area contributed by atoms with Gasteiger partial charge in [-0.15, -0.1) is 0 Å². The molecule has 0 atom stereocenters. The van der Waals surface area contributed by atoms with Gasteiger partial charge in [-0.2, -0.15) is 0 Å². The third-order valence-corrected chi connectivity index (χ3v) is 3.17. The van der Waals surface area contributed by atoms with Crippen molar-refractivity contribution in [3.05, 3.63) is 51.1 Å². The van der Waals surface area contributed by atoms with E-state index in [-0.39, 0.29) is 5.56 Å². The summed E-state index contributed by atoms with van der Waals surface area (Å²) >= 11 is 0. The summed E-state index contributed by atoms with van der Waals surface area (Å²) in [6.45, 7) is 8.98. The number of benzene rings is 1. The lowest BCUT2D eigenvalue weighted by Gasteiger charge is -2.11. The summed E-state index contributed by atoms with van der Waals surface area (Å²) in [4.78, 5) is 19.0. The van der Waals surface area contributed by atoms with Crippen LogP contribution >= 0.6 is 0 Å². The molecule has 0 aliphatic heterocycles. The van der Waals surface area contributed by atoms with Crippen molar-refractivity contribution in [2.45, 2.75) is 34.3 Å². The molecule has 0 bridgehead atoms. The first-order valence-corrected chi connectivity index (χ1v) is 6.77. The molecule has 1 aromatic heterocycles. The van der Waals surface area contributed by atoms with Gasteiger partial charge in [0.05, 0.1) is 5.69 Å². The maximum atomic E-state index is 11.8. The third-order valence-electron chi connectivity index (χ3n) is 3.17. The van der Waals surface area contributed by atoms with Crippen molar-refractivity contribution < 1.29 is 4.74 Å². The Kier molecular flexibility index (Phi) is 4.35. The highest BCUT2D eigenvalue weighted by molar-refractivity contribution is 5.67. The Morgan fingerprint density at radius 3 is 2.40 bits per heavy atom. The van der Waals surface area contributed by atoms with Crippen LogP contribution in [0.25, 0.3) is 11.3 Å². The Labute approximate surface area is 118 Å². The molecule has 1 heterocycles. The maximum absolute atomic E-state index is 11.8. The molecule has 1 N–H and O–H groups in total. The zero-order chi connectivity index (χ0) is 14.7. The van der Waals surface area contributed by atoms with E-state index >= 15 is 0 Å². The Hall–Kier alpha value is -1.94. The first-order chi connectivity index (χ1) is 9.51. The van der Waals surface area contributed by atoms with Crippen LogP contribution in [0.2, 0.25) is 0 Å². The van der Waals surface area contributed by atoms with E-state index in [9.17, 15) is 4.79 Å². The molecular weight excluding hydrogens is 252 g/mol. The largest absolute Gasteiger partial charge is 0.374 e. The van der Waals surface area contributed by atoms with Gasteiger partial charge in [0, 0.05) is 18.2 Å². The summed E-state index contributed by atoms with van der Waals surface area (Å²) in [6, 6.07) is 5.75. The minimum atomic E-state index is -0.149. The van der Waals surface area contributed by atoms with Crippen molar-refractivity contribution in [1.29, 1.82) is 0 Å². The van der Waals surface area contributed by atoms with Crippen molar-refractivity contribution in [2.75, 3.05) is 6.61 Å². The molecule has 4 nitrogen and oxygen atoms in total. The van der Waals surface area contributed by atoms with E-state index in [1.165, 1.54) is 5.56 Å². The molecular formula is C16H20N2O2. The first kappa shape index (κ1) is 14.5. The van der Waals surface area contributed by atoms with Crippen molar-refractivity contribution in [2.24, 2.45) is 0 Å². The number of nitrogens with zero attached hydrogens (tertiary/aromatic N) is 1. The van der Waals surface area contributed by atoms with Crippen LogP contribution in [0, 0.1) is 20.8 Å². The SMILES string of the molecule is CCOCc1nc(-c2c(C)cc(C)cc2C)cc(=O)[nH]1. The molecule has 0 saturated heterocycles. The van der Waals surface area contributed by atoms with Gasteiger partial charge in [0.2, 0.25) is 0 Å². The fourth-order valence-corrected chi connectivity index (χ4v) is 2.49. The van der Waals surface area contributed by atoms with Gasteiger partial charge in [0.1, 0.15) is 12.4 Å². The van der Waals surface area contributed by atoms with Crippen LogP contribution in [-0.4, -0.2) is 16.6 Å². The normalized spacial score (nSPS) is 10.8. The standard InChI is InChI=1S/C16H20N2O2/c1-5-20-9-14-17-13(8-15(19)18-14)16-11(3)6-10(2)7-12(16)4/h6-8H,5,9H2,1-4H3,(H,17,18,19). The van der Waals surface area contributed by atoms with Gasteiger partial charge in [-0.3, -0.25) is 4.79 Å². The summed E-state index contributed by atoms with van der Waals surface area (Å²) in [5, 5.41) is 0. The predicted molar refractivity (Wildman–Crippen MR) is 79.8 cm³/mol. The van der Waals surface area contributed by atoms with Crippen molar-refractivity contribution in [1.82, 2.24) is 9.97 Å². The Bertz CT molecular complexity index is 651. The summed E-state index contributed by atoms with van der Waals surface area (Å²) in [5.41, 5.74) is 5.05. The Morgan fingerprint density at radius 1 is 1.15 bits per heavy atom. The second kappa shape index (κ2) is 6.01. The van der Waals surface area contributed by atoms with E-state index in [4.69, 9.17) is 4.74 Å². The van der Waals surface area contributed by atoms with Crippen LogP contribution in [0.3, 0.4) is 0 Å². The number of hydrogen-bond acceptors (Lipinski definition) is 3. The quantitative estimate of drug-likeness (QED) is 0.931. The average Bonchev–Trinajstić information content (AvgIpc) is 2.34. The molecule has 4 heteroatoms. The monoisotopic (exact) mass is 272 g/mol. The van der Waals surface area contributed by atoms with E-state index in [1.807, 2.05) is 20.8 Å². The molecule has 1 aromatic carbocycles. The van der Waals surface area contributed by atoms with Gasteiger partial charge in [0.15, 0.2) is 0 Å². The van der Waals surface area contributed by atoms with Gasteiger partial charge < -0.3 is 9.72 Å². The topological polar surface area (TPSA) is 55.0 Å². The van der Waals surface area contributed by atoms with Crippen LogP contribution in [0.15, 0.2) is 23.0 Å². The molecule has 0 spiro atoms. The lowest BCUT2D eigenvalue weighted by atomic mass is 9.97. The second-order valence-electron chi connectivity index (χ2n) is 4.99. The molecule has 106 valence electrons. The summed E-state index contributed by atoms with van der Waals surface area (Å²) in [7, 11) is 0. The molecule has 0 aliphatic rings. The van der Waals surface area contributed by atoms with Crippen LogP contribution in [0.4, 0.5) is 0 Å². The number of rotatable bonds is 4. The smallest absolute Gasteiger partial charge is 0.251 e. The number of aromatic amines is 1. The molecule has 2 aromatic rings. The molecule has 2 rings (SSSR count). The molecule has 0 radical (unpaired) electrons. The lowest BCUT2D eigenvalue weighted by Crippen LogP contribution is -2.12. The molecule has 20 heavy (non-hydrogen) atoms. The van der Waals surface area contributed by atoms with Gasteiger partial charge in [0.25, 0.3) is 5.56 Å². The van der Waals surface area contributed by atoms with E-state index in [0.717, 1.165) is 16.7 Å². The zero-order valence-electron chi connectivity index (χ0n) is 12.4.